The maximum Gasteiger partial charge on any atom is 0.258 e. The van der Waals surface area contributed by atoms with Crippen LogP contribution < -0.4 is 0 Å². The lowest BCUT2D eigenvalue weighted by Gasteiger charge is -2.29. The molecule has 88 valence electrons. The van der Waals surface area contributed by atoms with E-state index < -0.39 is 4.87 Å². The predicted octanol–water partition coefficient (Wildman–Crippen LogP) is 1.79. The summed E-state index contributed by atoms with van der Waals surface area (Å²) in [5.41, 5.74) is 0. The summed E-state index contributed by atoms with van der Waals surface area (Å²) in [5, 5.41) is 3.44. The summed E-state index contributed by atoms with van der Waals surface area (Å²) in [6.07, 6.45) is 0. The molecule has 1 aliphatic rings. The second-order valence-electron chi connectivity index (χ2n) is 4.51. The van der Waals surface area contributed by atoms with Crippen molar-refractivity contribution in [2.75, 3.05) is 26.5 Å². The average molecular weight is 253 g/mol. The van der Waals surface area contributed by atoms with Gasteiger partial charge in [-0.1, -0.05) is 13.8 Å². The van der Waals surface area contributed by atoms with E-state index in [1.165, 1.54) is 0 Å². The van der Waals surface area contributed by atoms with Crippen LogP contribution in [0, 0.1) is 11.8 Å². The number of halogens is 2. The number of carbonyl (C=O) groups excluding carboxylic acids is 1. The van der Waals surface area contributed by atoms with Gasteiger partial charge in [0.15, 0.2) is 0 Å². The molecule has 2 unspecified atom stereocenters. The Kier molecular flexibility index (Phi) is 3.90. The van der Waals surface area contributed by atoms with Crippen LogP contribution in [0.4, 0.5) is 0 Å². The zero-order valence-electron chi connectivity index (χ0n) is 9.63. The first-order valence-electron chi connectivity index (χ1n) is 5.09. The topological polar surface area (TPSA) is 23.6 Å². The number of hydrogen-bond acceptors (Lipinski definition) is 2. The molecule has 1 saturated heterocycles. The maximum atomic E-state index is 12.2. The fourth-order valence-corrected chi connectivity index (χ4v) is 2.68. The largest absolute Gasteiger partial charge is 0.274 e. The van der Waals surface area contributed by atoms with Crippen LogP contribution in [0.1, 0.15) is 13.8 Å². The van der Waals surface area contributed by atoms with Gasteiger partial charge in [0.05, 0.1) is 0 Å². The Labute approximate surface area is 101 Å². The van der Waals surface area contributed by atoms with Crippen LogP contribution in [0.5, 0.6) is 0 Å². The molecule has 0 bridgehead atoms. The van der Waals surface area contributed by atoms with E-state index in [-0.39, 0.29) is 17.7 Å². The Morgan fingerprint density at radius 3 is 2.40 bits per heavy atom. The second kappa shape index (κ2) is 4.48. The standard InChI is InChI=1S/C10H18Cl2N2O/c1-7(2)10(12)8(5-11)6-14(9(10)15)13(3)4/h7-8H,5-6H2,1-4H3. The van der Waals surface area contributed by atoms with Gasteiger partial charge in [0.25, 0.3) is 5.91 Å². The summed E-state index contributed by atoms with van der Waals surface area (Å²) in [6, 6.07) is 0. The molecule has 0 spiro atoms. The zero-order chi connectivity index (χ0) is 11.8. The van der Waals surface area contributed by atoms with Crippen LogP contribution in [0.3, 0.4) is 0 Å². The summed E-state index contributed by atoms with van der Waals surface area (Å²) >= 11 is 12.3. The van der Waals surface area contributed by atoms with Gasteiger partial charge in [0, 0.05) is 32.4 Å². The fourth-order valence-electron chi connectivity index (χ4n) is 2.02. The molecule has 1 aliphatic heterocycles. The van der Waals surface area contributed by atoms with Crippen LogP contribution >= 0.6 is 23.2 Å². The molecule has 0 saturated carbocycles. The van der Waals surface area contributed by atoms with Gasteiger partial charge < -0.3 is 0 Å². The number of amides is 1. The Balaban J connectivity index is 3.00. The van der Waals surface area contributed by atoms with Gasteiger partial charge in [-0.15, -0.1) is 23.2 Å². The van der Waals surface area contributed by atoms with Crippen molar-refractivity contribution in [1.82, 2.24) is 10.0 Å². The minimum Gasteiger partial charge on any atom is -0.274 e. The third kappa shape index (κ3) is 1.97. The molecule has 0 radical (unpaired) electrons. The van der Waals surface area contributed by atoms with Crippen molar-refractivity contribution in [2.24, 2.45) is 11.8 Å². The second-order valence-corrected chi connectivity index (χ2v) is 5.44. The Morgan fingerprint density at radius 1 is 1.60 bits per heavy atom. The first-order chi connectivity index (χ1) is 6.85. The zero-order valence-corrected chi connectivity index (χ0v) is 11.1. The van der Waals surface area contributed by atoms with Crippen molar-refractivity contribution in [1.29, 1.82) is 0 Å². The summed E-state index contributed by atoms with van der Waals surface area (Å²) in [6.45, 7) is 4.53. The molecular weight excluding hydrogens is 235 g/mol. The third-order valence-electron chi connectivity index (χ3n) is 3.06. The van der Waals surface area contributed by atoms with E-state index in [0.717, 1.165) is 0 Å². The molecular formula is C10H18Cl2N2O. The van der Waals surface area contributed by atoms with Gasteiger partial charge in [0.1, 0.15) is 4.87 Å². The lowest BCUT2D eigenvalue weighted by molar-refractivity contribution is -0.142. The Morgan fingerprint density at radius 2 is 2.13 bits per heavy atom. The van der Waals surface area contributed by atoms with Gasteiger partial charge in [-0.3, -0.25) is 9.80 Å². The number of hydrogen-bond donors (Lipinski definition) is 0. The van der Waals surface area contributed by atoms with Gasteiger partial charge in [-0.2, -0.15) is 0 Å². The quantitative estimate of drug-likeness (QED) is 0.716. The summed E-state index contributed by atoms with van der Waals surface area (Å²) in [4.78, 5) is 11.3. The molecule has 3 nitrogen and oxygen atoms in total. The van der Waals surface area contributed by atoms with Crippen molar-refractivity contribution in [2.45, 2.75) is 18.7 Å². The van der Waals surface area contributed by atoms with E-state index in [1.807, 2.05) is 27.9 Å². The van der Waals surface area contributed by atoms with Crippen molar-refractivity contribution < 1.29 is 4.79 Å². The number of rotatable bonds is 3. The smallest absolute Gasteiger partial charge is 0.258 e. The molecule has 5 heteroatoms. The molecule has 15 heavy (non-hydrogen) atoms. The van der Waals surface area contributed by atoms with Crippen molar-refractivity contribution in [3.63, 3.8) is 0 Å². The van der Waals surface area contributed by atoms with Crippen molar-refractivity contribution in [3.05, 3.63) is 0 Å². The molecule has 0 N–H and O–H groups in total. The highest BCUT2D eigenvalue weighted by Crippen LogP contribution is 2.41. The van der Waals surface area contributed by atoms with E-state index in [2.05, 4.69) is 0 Å². The molecule has 2 atom stereocenters. The fraction of sp³-hybridized carbons (Fsp3) is 0.900. The monoisotopic (exact) mass is 252 g/mol. The third-order valence-corrected chi connectivity index (χ3v) is 4.34. The lowest BCUT2D eigenvalue weighted by Crippen LogP contribution is -2.46. The first-order valence-corrected chi connectivity index (χ1v) is 6.01. The number of hydrazine groups is 1. The maximum absolute atomic E-state index is 12.2. The normalized spacial score (nSPS) is 32.1. The van der Waals surface area contributed by atoms with Gasteiger partial charge >= 0.3 is 0 Å². The van der Waals surface area contributed by atoms with E-state index >= 15 is 0 Å². The average Bonchev–Trinajstić information content (AvgIpc) is 2.41. The van der Waals surface area contributed by atoms with E-state index in [1.54, 1.807) is 10.0 Å². The van der Waals surface area contributed by atoms with Gasteiger partial charge in [-0.25, -0.2) is 5.01 Å². The van der Waals surface area contributed by atoms with Crippen molar-refractivity contribution in [3.8, 4) is 0 Å². The highest BCUT2D eigenvalue weighted by molar-refractivity contribution is 6.36. The first kappa shape index (κ1) is 13.1. The number of nitrogens with zero attached hydrogens (tertiary/aromatic N) is 2. The molecule has 1 heterocycles. The molecule has 1 rings (SSSR count). The Hall–Kier alpha value is 0.01000. The van der Waals surface area contributed by atoms with Crippen LogP contribution in [-0.2, 0) is 4.79 Å². The predicted molar refractivity (Wildman–Crippen MR) is 63.0 cm³/mol. The van der Waals surface area contributed by atoms with E-state index in [4.69, 9.17) is 23.2 Å². The van der Waals surface area contributed by atoms with Crippen LogP contribution in [0.2, 0.25) is 0 Å². The number of alkyl halides is 2. The Bertz CT molecular complexity index is 258. The van der Waals surface area contributed by atoms with E-state index in [9.17, 15) is 4.79 Å². The lowest BCUT2D eigenvalue weighted by atomic mass is 9.86. The summed E-state index contributed by atoms with van der Waals surface area (Å²) < 4.78 is 0. The molecule has 1 amide bonds. The van der Waals surface area contributed by atoms with Crippen LogP contribution in [0.25, 0.3) is 0 Å². The minimum atomic E-state index is -0.841. The number of carbonyl (C=O) groups is 1. The molecule has 0 aromatic carbocycles. The van der Waals surface area contributed by atoms with Crippen molar-refractivity contribution >= 4 is 29.1 Å². The van der Waals surface area contributed by atoms with Crippen LogP contribution in [-0.4, -0.2) is 47.3 Å². The van der Waals surface area contributed by atoms with Crippen LogP contribution in [0.15, 0.2) is 0 Å². The van der Waals surface area contributed by atoms with Gasteiger partial charge in [-0.05, 0) is 5.92 Å². The van der Waals surface area contributed by atoms with E-state index in [0.29, 0.717) is 12.4 Å². The van der Waals surface area contributed by atoms with Gasteiger partial charge in [0.2, 0.25) is 0 Å². The minimum absolute atomic E-state index is 0.00994. The summed E-state index contributed by atoms with van der Waals surface area (Å²) in [5.74, 6) is 0.475. The molecule has 1 fully saturated rings. The summed E-state index contributed by atoms with van der Waals surface area (Å²) in [7, 11) is 3.68. The molecule has 0 aliphatic carbocycles. The highest BCUT2D eigenvalue weighted by atomic mass is 35.5. The SMILES string of the molecule is CC(C)C1(Cl)C(=O)N(N(C)C)CC1CCl. The molecule has 0 aromatic heterocycles. The highest BCUT2D eigenvalue weighted by Gasteiger charge is 2.55. The molecule has 0 aromatic rings.